The largest absolute Gasteiger partial charge is 0.368 e. The second kappa shape index (κ2) is 10.7. The average Bonchev–Trinajstić information content (AvgIpc) is 2.87. The first-order valence-electron chi connectivity index (χ1n) is 11.8. The van der Waals surface area contributed by atoms with Crippen LogP contribution in [0, 0.1) is 19.7 Å². The van der Waals surface area contributed by atoms with E-state index in [0.29, 0.717) is 57.8 Å². The number of carbonyl (C=O) groups is 1. The number of rotatable bonds is 8. The summed E-state index contributed by atoms with van der Waals surface area (Å²) in [5.74, 6) is 0.415. The van der Waals surface area contributed by atoms with Gasteiger partial charge in [0.1, 0.15) is 23.7 Å². The van der Waals surface area contributed by atoms with Crippen LogP contribution in [-0.2, 0) is 4.79 Å². The number of hydrogen-bond acceptors (Lipinski definition) is 8. The number of nitrogens with one attached hydrogen (secondary N) is 1. The van der Waals surface area contributed by atoms with Crippen LogP contribution in [0.25, 0.3) is 22.7 Å². The number of benzene rings is 2. The molecule has 0 saturated carbocycles. The Kier molecular flexibility index (Phi) is 7.40. The first kappa shape index (κ1) is 25.6. The quantitative estimate of drug-likeness (QED) is 0.245. The van der Waals surface area contributed by atoms with Crippen LogP contribution in [0.1, 0.15) is 42.0 Å². The number of aryl methyl sites for hydroxylation is 2. The highest BCUT2D eigenvalue weighted by Crippen LogP contribution is 2.28. The summed E-state index contributed by atoms with van der Waals surface area (Å²) in [4.78, 5) is 38.7. The standard InChI is InChI=1S/C27H28FN7O2/c1-4-21(32-24-20(12-17(13-29)14-36)16(3)31-27(30)34-24)25-33-22-7-5-6-15(2)23(22)26(37)35(25)19-10-8-18(28)9-11-19/h5-12,14,21H,4,13,29H2,1-3H3,(H3,30,31,32,34)/b17-12+. The summed E-state index contributed by atoms with van der Waals surface area (Å²) in [5, 5.41) is 3.83. The Morgan fingerprint density at radius 2 is 1.86 bits per heavy atom. The molecule has 4 rings (SSSR count). The normalized spacial score (nSPS) is 12.5. The molecule has 2 heterocycles. The number of aromatic nitrogens is 4. The van der Waals surface area contributed by atoms with Crippen molar-refractivity contribution in [1.29, 1.82) is 0 Å². The molecule has 0 amide bonds. The van der Waals surface area contributed by atoms with Gasteiger partial charge in [-0.25, -0.2) is 14.4 Å². The number of halogens is 1. The van der Waals surface area contributed by atoms with E-state index in [1.165, 1.54) is 28.8 Å². The number of fused-ring (bicyclic) bond motifs is 1. The highest BCUT2D eigenvalue weighted by atomic mass is 19.1. The molecule has 10 heteroatoms. The molecule has 0 spiro atoms. The van der Waals surface area contributed by atoms with E-state index >= 15 is 0 Å². The Morgan fingerprint density at radius 3 is 2.51 bits per heavy atom. The maximum atomic E-state index is 13.8. The van der Waals surface area contributed by atoms with Gasteiger partial charge >= 0.3 is 0 Å². The summed E-state index contributed by atoms with van der Waals surface area (Å²) in [7, 11) is 0. The van der Waals surface area contributed by atoms with Crippen molar-refractivity contribution in [1.82, 2.24) is 19.5 Å². The first-order chi connectivity index (χ1) is 17.8. The van der Waals surface area contributed by atoms with E-state index in [2.05, 4.69) is 15.3 Å². The Bertz CT molecular complexity index is 1560. The molecule has 5 N–H and O–H groups in total. The molecule has 2 aromatic heterocycles. The van der Waals surface area contributed by atoms with E-state index in [1.807, 2.05) is 26.0 Å². The van der Waals surface area contributed by atoms with Crippen molar-refractivity contribution in [2.75, 3.05) is 17.6 Å². The van der Waals surface area contributed by atoms with Crippen LogP contribution in [0.2, 0.25) is 0 Å². The molecular weight excluding hydrogens is 473 g/mol. The lowest BCUT2D eigenvalue weighted by Crippen LogP contribution is -2.29. The molecule has 0 radical (unpaired) electrons. The third-order valence-electron chi connectivity index (χ3n) is 6.12. The zero-order valence-electron chi connectivity index (χ0n) is 20.8. The highest BCUT2D eigenvalue weighted by molar-refractivity contribution is 5.85. The van der Waals surface area contributed by atoms with Crippen LogP contribution < -0.4 is 22.3 Å². The SMILES string of the molecule is CCC(Nc1nc(N)nc(C)c1/C=C(/C=O)CN)c1nc2cccc(C)c2c(=O)n1-c1ccc(F)cc1. The monoisotopic (exact) mass is 501 g/mol. The van der Waals surface area contributed by atoms with Crippen molar-refractivity contribution in [3.8, 4) is 5.69 Å². The van der Waals surface area contributed by atoms with Crippen LogP contribution in [0.3, 0.4) is 0 Å². The van der Waals surface area contributed by atoms with Gasteiger partial charge in [-0.15, -0.1) is 0 Å². The minimum absolute atomic E-state index is 0.0413. The summed E-state index contributed by atoms with van der Waals surface area (Å²) >= 11 is 0. The maximum Gasteiger partial charge on any atom is 0.266 e. The third-order valence-corrected chi connectivity index (χ3v) is 6.12. The Balaban J connectivity index is 1.95. The molecule has 0 bridgehead atoms. The molecule has 190 valence electrons. The van der Waals surface area contributed by atoms with Gasteiger partial charge in [0.25, 0.3) is 5.56 Å². The summed E-state index contributed by atoms with van der Waals surface area (Å²) in [6.07, 6.45) is 2.80. The Morgan fingerprint density at radius 1 is 1.14 bits per heavy atom. The predicted octanol–water partition coefficient (Wildman–Crippen LogP) is 3.62. The van der Waals surface area contributed by atoms with Gasteiger partial charge in [0, 0.05) is 17.7 Å². The van der Waals surface area contributed by atoms with E-state index in [-0.39, 0.29) is 18.1 Å². The van der Waals surface area contributed by atoms with Crippen LogP contribution in [0.4, 0.5) is 16.2 Å². The Hall–Kier alpha value is -4.44. The van der Waals surface area contributed by atoms with E-state index in [9.17, 15) is 14.0 Å². The fourth-order valence-electron chi connectivity index (χ4n) is 4.21. The van der Waals surface area contributed by atoms with E-state index in [1.54, 1.807) is 19.1 Å². The third kappa shape index (κ3) is 5.10. The van der Waals surface area contributed by atoms with Crippen LogP contribution in [-0.4, -0.2) is 32.3 Å². The smallest absolute Gasteiger partial charge is 0.266 e. The number of aldehydes is 1. The van der Waals surface area contributed by atoms with Crippen LogP contribution in [0.5, 0.6) is 0 Å². The molecule has 0 aliphatic rings. The molecule has 0 fully saturated rings. The minimum atomic E-state index is -0.513. The van der Waals surface area contributed by atoms with Crippen molar-refractivity contribution in [2.45, 2.75) is 33.2 Å². The fraction of sp³-hybridized carbons (Fsp3) is 0.222. The molecule has 2 aromatic carbocycles. The van der Waals surface area contributed by atoms with Crippen LogP contribution >= 0.6 is 0 Å². The molecular formula is C27H28FN7O2. The lowest BCUT2D eigenvalue weighted by molar-refractivity contribution is -0.104. The van der Waals surface area contributed by atoms with Gasteiger partial charge in [-0.3, -0.25) is 14.2 Å². The van der Waals surface area contributed by atoms with Crippen molar-refractivity contribution in [2.24, 2.45) is 5.73 Å². The second-order valence-electron chi connectivity index (χ2n) is 8.63. The van der Waals surface area contributed by atoms with Gasteiger partial charge in [0.15, 0.2) is 0 Å². The molecule has 0 aliphatic heterocycles. The van der Waals surface area contributed by atoms with E-state index in [0.717, 1.165) is 5.56 Å². The summed E-state index contributed by atoms with van der Waals surface area (Å²) < 4.78 is 15.2. The summed E-state index contributed by atoms with van der Waals surface area (Å²) in [5.41, 5.74) is 14.6. The topological polar surface area (TPSA) is 142 Å². The number of hydrogen-bond donors (Lipinski definition) is 3. The molecule has 9 nitrogen and oxygen atoms in total. The molecule has 1 atom stereocenters. The minimum Gasteiger partial charge on any atom is -0.368 e. The second-order valence-corrected chi connectivity index (χ2v) is 8.63. The van der Waals surface area contributed by atoms with Gasteiger partial charge in [-0.05, 0) is 62.2 Å². The number of nitrogen functional groups attached to an aromatic ring is 1. The molecule has 4 aromatic rings. The van der Waals surface area contributed by atoms with Crippen molar-refractivity contribution in [3.63, 3.8) is 0 Å². The number of carbonyl (C=O) groups excluding carboxylic acids is 1. The fourth-order valence-corrected chi connectivity index (χ4v) is 4.21. The van der Waals surface area contributed by atoms with Gasteiger partial charge in [-0.1, -0.05) is 19.1 Å². The lowest BCUT2D eigenvalue weighted by atomic mass is 10.1. The highest BCUT2D eigenvalue weighted by Gasteiger charge is 2.23. The van der Waals surface area contributed by atoms with Crippen molar-refractivity contribution in [3.05, 3.63) is 86.9 Å². The average molecular weight is 502 g/mol. The molecule has 1 unspecified atom stereocenters. The first-order valence-corrected chi connectivity index (χ1v) is 11.8. The summed E-state index contributed by atoms with van der Waals surface area (Å²) in [6, 6.07) is 10.6. The maximum absolute atomic E-state index is 13.8. The van der Waals surface area contributed by atoms with Crippen molar-refractivity contribution < 1.29 is 9.18 Å². The Labute approximate surface area is 213 Å². The van der Waals surface area contributed by atoms with E-state index in [4.69, 9.17) is 16.5 Å². The van der Waals surface area contributed by atoms with Gasteiger partial charge in [-0.2, -0.15) is 4.98 Å². The van der Waals surface area contributed by atoms with Gasteiger partial charge in [0.2, 0.25) is 5.95 Å². The number of nitrogens with two attached hydrogens (primary N) is 2. The van der Waals surface area contributed by atoms with Gasteiger partial charge < -0.3 is 16.8 Å². The molecule has 0 saturated heterocycles. The van der Waals surface area contributed by atoms with Gasteiger partial charge in [0.05, 0.1) is 28.3 Å². The van der Waals surface area contributed by atoms with Crippen molar-refractivity contribution >= 4 is 35.0 Å². The molecule has 37 heavy (non-hydrogen) atoms. The molecule has 0 aliphatic carbocycles. The zero-order valence-corrected chi connectivity index (χ0v) is 20.8. The number of anilines is 2. The van der Waals surface area contributed by atoms with Crippen LogP contribution in [0.15, 0.2) is 52.8 Å². The predicted molar refractivity (Wildman–Crippen MR) is 143 cm³/mol. The zero-order chi connectivity index (χ0) is 26.7. The summed E-state index contributed by atoms with van der Waals surface area (Å²) in [6.45, 7) is 5.58. The number of nitrogens with zero attached hydrogens (tertiary/aromatic N) is 4. The lowest BCUT2D eigenvalue weighted by Gasteiger charge is -2.23. The van der Waals surface area contributed by atoms with E-state index < -0.39 is 11.9 Å².